The Bertz CT molecular complexity index is 481. The summed E-state index contributed by atoms with van der Waals surface area (Å²) in [6.07, 6.45) is 14.6. The number of hydrogen-bond donors (Lipinski definition) is 2. The number of ketones is 1. The first-order valence-corrected chi connectivity index (χ1v) is 11.0. The molecule has 1 rings (SSSR count). The molecule has 1 aliphatic carbocycles. The molecular formula is C23H40O4. The van der Waals surface area contributed by atoms with E-state index in [4.69, 9.17) is 5.11 Å². The number of aliphatic carboxylic acids is 1. The first-order valence-electron chi connectivity index (χ1n) is 11.0. The fourth-order valence-corrected chi connectivity index (χ4v) is 4.36. The van der Waals surface area contributed by atoms with Crippen molar-refractivity contribution in [1.82, 2.24) is 0 Å². The number of carboxylic acid groups (broad SMARTS) is 1. The van der Waals surface area contributed by atoms with Crippen molar-refractivity contribution in [1.29, 1.82) is 0 Å². The Hall–Kier alpha value is -1.16. The Morgan fingerprint density at radius 1 is 1.22 bits per heavy atom. The predicted molar refractivity (Wildman–Crippen MR) is 110 cm³/mol. The zero-order valence-corrected chi connectivity index (χ0v) is 17.6. The maximum atomic E-state index is 12.2. The normalized spacial score (nSPS) is 23.6. The number of hydrogen-bond acceptors (Lipinski definition) is 3. The third-order valence-corrected chi connectivity index (χ3v) is 6.22. The fraction of sp³-hybridized carbons (Fsp3) is 0.826. The molecule has 2 unspecified atom stereocenters. The number of carbonyl (C=O) groups excluding carboxylic acids is 1. The summed E-state index contributed by atoms with van der Waals surface area (Å²) >= 11 is 0. The smallest absolute Gasteiger partial charge is 0.303 e. The number of rotatable bonds is 14. The average molecular weight is 381 g/mol. The first-order chi connectivity index (χ1) is 12.8. The summed E-state index contributed by atoms with van der Waals surface area (Å²) in [6, 6.07) is 0. The van der Waals surface area contributed by atoms with E-state index in [1.54, 1.807) is 0 Å². The first kappa shape index (κ1) is 23.9. The van der Waals surface area contributed by atoms with E-state index in [2.05, 4.69) is 19.9 Å². The molecule has 2 N–H and O–H groups in total. The van der Waals surface area contributed by atoms with Crippen LogP contribution < -0.4 is 0 Å². The third-order valence-electron chi connectivity index (χ3n) is 6.22. The highest BCUT2D eigenvalue weighted by Gasteiger charge is 2.34. The molecule has 0 amide bonds. The number of carboxylic acids is 1. The van der Waals surface area contributed by atoms with Crippen molar-refractivity contribution in [3.8, 4) is 0 Å². The van der Waals surface area contributed by atoms with Gasteiger partial charge in [-0.15, -0.1) is 0 Å². The topological polar surface area (TPSA) is 74.6 Å². The van der Waals surface area contributed by atoms with Crippen molar-refractivity contribution in [2.24, 2.45) is 17.8 Å². The van der Waals surface area contributed by atoms with Crippen molar-refractivity contribution in [2.75, 3.05) is 0 Å². The lowest BCUT2D eigenvalue weighted by atomic mass is 9.81. The number of carbonyl (C=O) groups is 2. The summed E-state index contributed by atoms with van der Waals surface area (Å²) in [5.41, 5.74) is -0.833. The molecular weight excluding hydrogens is 340 g/mol. The SMILES string of the molecule is CCCCCCC(CC)C(C)(O)C=C[C@@H]1CCC(=O)[C@H]1CCCCC(=O)O. The maximum Gasteiger partial charge on any atom is 0.303 e. The van der Waals surface area contributed by atoms with E-state index in [-0.39, 0.29) is 24.2 Å². The lowest BCUT2D eigenvalue weighted by Gasteiger charge is -2.30. The molecule has 0 aromatic rings. The summed E-state index contributed by atoms with van der Waals surface area (Å²) in [4.78, 5) is 22.9. The van der Waals surface area contributed by atoms with E-state index in [0.717, 1.165) is 38.5 Å². The lowest BCUT2D eigenvalue weighted by molar-refractivity contribution is -0.137. The zero-order valence-electron chi connectivity index (χ0n) is 17.6. The van der Waals surface area contributed by atoms with Crippen LogP contribution in [0, 0.1) is 17.8 Å². The van der Waals surface area contributed by atoms with Gasteiger partial charge in [0.2, 0.25) is 0 Å². The van der Waals surface area contributed by atoms with E-state index in [1.807, 2.05) is 13.0 Å². The molecule has 4 heteroatoms. The molecule has 0 heterocycles. The molecule has 0 aromatic heterocycles. The van der Waals surface area contributed by atoms with Gasteiger partial charge in [-0.25, -0.2) is 0 Å². The largest absolute Gasteiger partial charge is 0.481 e. The van der Waals surface area contributed by atoms with Gasteiger partial charge in [-0.1, -0.05) is 64.5 Å². The van der Waals surface area contributed by atoms with Crippen LogP contribution in [0.15, 0.2) is 12.2 Å². The van der Waals surface area contributed by atoms with Gasteiger partial charge in [0.25, 0.3) is 0 Å². The Kier molecular flexibility index (Phi) is 10.9. The summed E-state index contributed by atoms with van der Waals surface area (Å²) in [7, 11) is 0. The van der Waals surface area contributed by atoms with Crippen molar-refractivity contribution in [2.45, 2.75) is 103 Å². The lowest BCUT2D eigenvalue weighted by Crippen LogP contribution is -2.32. The van der Waals surface area contributed by atoms with Gasteiger partial charge in [0.05, 0.1) is 5.60 Å². The minimum atomic E-state index is -0.833. The van der Waals surface area contributed by atoms with Crippen molar-refractivity contribution in [3.05, 3.63) is 12.2 Å². The van der Waals surface area contributed by atoms with Crippen LogP contribution in [0.1, 0.15) is 97.8 Å². The van der Waals surface area contributed by atoms with E-state index >= 15 is 0 Å². The Morgan fingerprint density at radius 2 is 1.96 bits per heavy atom. The van der Waals surface area contributed by atoms with Crippen LogP contribution in [0.25, 0.3) is 0 Å². The molecule has 0 radical (unpaired) electrons. The molecule has 4 atom stereocenters. The van der Waals surface area contributed by atoms with Crippen LogP contribution >= 0.6 is 0 Å². The highest BCUT2D eigenvalue weighted by Crippen LogP contribution is 2.35. The zero-order chi connectivity index (χ0) is 20.3. The van der Waals surface area contributed by atoms with Crippen molar-refractivity contribution in [3.63, 3.8) is 0 Å². The summed E-state index contributed by atoms with van der Waals surface area (Å²) < 4.78 is 0. The van der Waals surface area contributed by atoms with Crippen LogP contribution in [0.2, 0.25) is 0 Å². The monoisotopic (exact) mass is 380 g/mol. The summed E-state index contributed by atoms with van der Waals surface area (Å²) in [6.45, 7) is 6.24. The molecule has 1 aliphatic rings. The average Bonchev–Trinajstić information content (AvgIpc) is 2.96. The molecule has 27 heavy (non-hydrogen) atoms. The molecule has 0 aliphatic heterocycles. The summed E-state index contributed by atoms with van der Waals surface area (Å²) in [5, 5.41) is 19.7. The van der Waals surface area contributed by atoms with Crippen molar-refractivity contribution >= 4 is 11.8 Å². The second-order valence-electron chi connectivity index (χ2n) is 8.45. The van der Waals surface area contributed by atoms with Gasteiger partial charge >= 0.3 is 5.97 Å². The van der Waals surface area contributed by atoms with Crippen LogP contribution in [0.4, 0.5) is 0 Å². The van der Waals surface area contributed by atoms with Gasteiger partial charge in [-0.3, -0.25) is 9.59 Å². The molecule has 4 nitrogen and oxygen atoms in total. The van der Waals surface area contributed by atoms with E-state index in [1.165, 1.54) is 19.3 Å². The fourth-order valence-electron chi connectivity index (χ4n) is 4.36. The molecule has 0 spiro atoms. The van der Waals surface area contributed by atoms with Gasteiger partial charge < -0.3 is 10.2 Å². The Balaban J connectivity index is 2.58. The second kappa shape index (κ2) is 12.3. The maximum absolute atomic E-state index is 12.2. The van der Waals surface area contributed by atoms with Crippen LogP contribution in [-0.2, 0) is 9.59 Å². The number of allylic oxidation sites excluding steroid dienone is 1. The number of unbranched alkanes of at least 4 members (excludes halogenated alkanes) is 4. The Morgan fingerprint density at radius 3 is 2.59 bits per heavy atom. The van der Waals surface area contributed by atoms with E-state index < -0.39 is 11.6 Å². The minimum absolute atomic E-state index is 0.00419. The molecule has 0 aromatic carbocycles. The standard InChI is InChI=1S/C23H40O4/c1-4-6-7-8-11-19(5-2)23(3,27)17-16-18-14-15-21(24)20(18)12-9-10-13-22(25)26/h16-20,27H,4-15H2,1-3H3,(H,25,26)/t18-,19?,20-,23?/m0/s1. The highest BCUT2D eigenvalue weighted by molar-refractivity contribution is 5.83. The van der Waals surface area contributed by atoms with Crippen LogP contribution in [-0.4, -0.2) is 27.6 Å². The molecule has 0 saturated heterocycles. The van der Waals surface area contributed by atoms with E-state index in [0.29, 0.717) is 18.6 Å². The molecule has 0 bridgehead atoms. The van der Waals surface area contributed by atoms with Gasteiger partial charge in [-0.2, -0.15) is 0 Å². The van der Waals surface area contributed by atoms with Gasteiger partial charge in [0.15, 0.2) is 0 Å². The quantitative estimate of drug-likeness (QED) is 0.307. The van der Waals surface area contributed by atoms with Gasteiger partial charge in [0, 0.05) is 18.8 Å². The van der Waals surface area contributed by atoms with Crippen LogP contribution in [0.5, 0.6) is 0 Å². The predicted octanol–water partition coefficient (Wildman–Crippen LogP) is 5.53. The number of aliphatic hydroxyl groups is 1. The van der Waals surface area contributed by atoms with Gasteiger partial charge in [-0.05, 0) is 44.4 Å². The van der Waals surface area contributed by atoms with Crippen molar-refractivity contribution < 1.29 is 19.8 Å². The third kappa shape index (κ3) is 8.59. The molecule has 1 saturated carbocycles. The molecule has 156 valence electrons. The number of Topliss-reactive ketones (excluding diaryl/α,β-unsaturated/α-hetero) is 1. The van der Waals surface area contributed by atoms with Gasteiger partial charge in [0.1, 0.15) is 5.78 Å². The van der Waals surface area contributed by atoms with Crippen LogP contribution in [0.3, 0.4) is 0 Å². The second-order valence-corrected chi connectivity index (χ2v) is 8.45. The minimum Gasteiger partial charge on any atom is -0.481 e. The Labute approximate surface area is 165 Å². The molecule has 1 fully saturated rings. The van der Waals surface area contributed by atoms with E-state index in [9.17, 15) is 14.7 Å². The highest BCUT2D eigenvalue weighted by atomic mass is 16.4. The summed E-state index contributed by atoms with van der Waals surface area (Å²) in [5.74, 6) is -0.0467.